The fourth-order valence-electron chi connectivity index (χ4n) is 9.80. The Labute approximate surface area is 466 Å². The largest absolute Gasteiger partial charge is 0.756 e. The maximum Gasteiger partial charge on any atom is 0.306 e. The molecule has 0 fully saturated rings. The van der Waals surface area contributed by atoms with Gasteiger partial charge in [0.2, 0.25) is 5.91 Å². The lowest BCUT2D eigenvalue weighted by atomic mass is 10.0. The zero-order chi connectivity index (χ0) is 55.0. The van der Waals surface area contributed by atoms with E-state index in [1.807, 2.05) is 33.3 Å². The van der Waals surface area contributed by atoms with Crippen molar-refractivity contribution in [2.75, 3.05) is 40.9 Å². The van der Waals surface area contributed by atoms with Gasteiger partial charge >= 0.3 is 5.97 Å². The highest BCUT2D eigenvalue weighted by molar-refractivity contribution is 7.45. The molecular weight excluding hydrogens is 952 g/mol. The fourth-order valence-corrected chi connectivity index (χ4v) is 10.5. The van der Waals surface area contributed by atoms with Crippen LogP contribution in [-0.2, 0) is 27.9 Å². The zero-order valence-electron chi connectivity index (χ0n) is 50.8. The molecule has 0 heterocycles. The Morgan fingerprint density at radius 1 is 0.453 bits per heavy atom. The third-order valence-corrected chi connectivity index (χ3v) is 15.8. The smallest absolute Gasteiger partial charge is 0.306 e. The first kappa shape index (κ1) is 73.5. The summed E-state index contributed by atoms with van der Waals surface area (Å²) in [5.41, 5.74) is 0. The number of amides is 1. The first-order chi connectivity index (χ1) is 36.4. The molecule has 10 heteroatoms. The number of hydrogen-bond acceptors (Lipinski definition) is 7. The van der Waals surface area contributed by atoms with Crippen molar-refractivity contribution in [2.24, 2.45) is 0 Å². The summed E-state index contributed by atoms with van der Waals surface area (Å²) in [6.45, 7) is 6.83. The van der Waals surface area contributed by atoms with Crippen LogP contribution < -0.4 is 10.2 Å². The van der Waals surface area contributed by atoms with Crippen LogP contribution >= 0.6 is 7.82 Å². The van der Waals surface area contributed by atoms with Crippen molar-refractivity contribution < 1.29 is 37.3 Å². The Kier molecular flexibility index (Phi) is 54.7. The molecule has 0 aromatic rings. The van der Waals surface area contributed by atoms with Crippen molar-refractivity contribution in [1.29, 1.82) is 0 Å². The van der Waals surface area contributed by atoms with Gasteiger partial charge in [-0.1, -0.05) is 289 Å². The van der Waals surface area contributed by atoms with E-state index in [0.29, 0.717) is 17.4 Å². The fraction of sp³-hybridized carbons (Fsp3) is 0.908. The van der Waals surface area contributed by atoms with Crippen LogP contribution in [0.3, 0.4) is 0 Å². The Morgan fingerprint density at radius 3 is 1.17 bits per heavy atom. The number of hydrogen-bond donors (Lipinski definition) is 1. The molecular formula is C65H127N2O7P. The lowest BCUT2D eigenvalue weighted by molar-refractivity contribution is -0.870. The molecule has 444 valence electrons. The Morgan fingerprint density at radius 2 is 0.787 bits per heavy atom. The van der Waals surface area contributed by atoms with E-state index in [2.05, 4.69) is 38.2 Å². The minimum absolute atomic E-state index is 0.0202. The van der Waals surface area contributed by atoms with Crippen LogP contribution in [0.4, 0.5) is 0 Å². The second-order valence-electron chi connectivity index (χ2n) is 23.6. The van der Waals surface area contributed by atoms with Crippen LogP contribution in [0.1, 0.15) is 329 Å². The summed E-state index contributed by atoms with van der Waals surface area (Å²) in [4.78, 5) is 39.9. The summed E-state index contributed by atoms with van der Waals surface area (Å²) in [7, 11) is 1.20. The number of esters is 1. The SMILES string of the molecule is CCCC/C=C\CCCCCCCC(=O)OC(/C=C\CCCCCCCCCCC)C(COP(=O)([O-])OCC[N+](C)(C)C)NC(=O)CCCCCCCCCCCCCCCCCCCCCCCCCCCCC. The van der Waals surface area contributed by atoms with E-state index >= 15 is 0 Å². The standard InChI is InChI=1S/C65H127N2O7P/c1-7-10-13-16-19-22-25-26-27-28-29-30-31-32-33-34-35-36-37-38-39-40-43-45-48-51-54-57-64(68)66-62(61-73-75(70,71)72-60-59-67(4,5)6)63(56-53-50-47-44-41-23-20-17-14-11-8-2)74-65(69)58-55-52-49-46-42-24-21-18-15-12-9-3/h18,21,53,56,62-63H,7-17,19-20,22-52,54-55,57-61H2,1-6H3,(H-,66,68,70,71)/b21-18-,56-53-. The third kappa shape index (κ3) is 57.0. The van der Waals surface area contributed by atoms with Gasteiger partial charge in [0, 0.05) is 12.8 Å². The highest BCUT2D eigenvalue weighted by atomic mass is 31.2. The maximum absolute atomic E-state index is 13.5. The Hall–Kier alpha value is -1.51. The first-order valence-electron chi connectivity index (χ1n) is 32.6. The number of phosphoric ester groups is 1. The van der Waals surface area contributed by atoms with Crippen molar-refractivity contribution >= 4 is 19.7 Å². The summed E-state index contributed by atoms with van der Waals surface area (Å²) in [5.74, 6) is -0.538. The van der Waals surface area contributed by atoms with E-state index in [-0.39, 0.29) is 31.5 Å². The lowest BCUT2D eigenvalue weighted by Gasteiger charge is -2.30. The molecule has 1 N–H and O–H groups in total. The van der Waals surface area contributed by atoms with Crippen LogP contribution in [-0.4, -0.2) is 69.4 Å². The molecule has 3 atom stereocenters. The van der Waals surface area contributed by atoms with Crippen molar-refractivity contribution in [1.82, 2.24) is 5.32 Å². The van der Waals surface area contributed by atoms with Gasteiger partial charge in [-0.25, -0.2) is 0 Å². The topological polar surface area (TPSA) is 114 Å². The number of ether oxygens (including phenoxy) is 1. The van der Waals surface area contributed by atoms with E-state index in [1.165, 1.54) is 212 Å². The first-order valence-corrected chi connectivity index (χ1v) is 34.1. The van der Waals surface area contributed by atoms with Crippen molar-refractivity contribution in [3.05, 3.63) is 24.3 Å². The monoisotopic (exact) mass is 1080 g/mol. The molecule has 9 nitrogen and oxygen atoms in total. The van der Waals surface area contributed by atoms with Gasteiger partial charge in [-0.2, -0.15) is 0 Å². The Bertz CT molecular complexity index is 1340. The van der Waals surface area contributed by atoms with Gasteiger partial charge in [0.05, 0.1) is 33.8 Å². The molecule has 0 radical (unpaired) electrons. The predicted molar refractivity (Wildman–Crippen MR) is 321 cm³/mol. The molecule has 0 spiro atoms. The molecule has 0 aromatic carbocycles. The highest BCUT2D eigenvalue weighted by Crippen LogP contribution is 2.38. The number of rotatable bonds is 60. The molecule has 0 rings (SSSR count). The molecule has 1 amide bonds. The van der Waals surface area contributed by atoms with Crippen molar-refractivity contribution in [3.63, 3.8) is 0 Å². The van der Waals surface area contributed by atoms with E-state index < -0.39 is 20.0 Å². The molecule has 0 saturated carbocycles. The number of unbranched alkanes of at least 4 members (excludes halogenated alkanes) is 42. The summed E-state index contributed by atoms with van der Waals surface area (Å²) in [6.07, 6.45) is 66.0. The van der Waals surface area contributed by atoms with Gasteiger partial charge < -0.3 is 28.5 Å². The molecule has 75 heavy (non-hydrogen) atoms. The average molecular weight is 1080 g/mol. The molecule has 0 aliphatic heterocycles. The molecule has 0 aromatic heterocycles. The molecule has 0 bridgehead atoms. The van der Waals surface area contributed by atoms with Crippen molar-refractivity contribution in [3.8, 4) is 0 Å². The van der Waals surface area contributed by atoms with Crippen molar-refractivity contribution in [2.45, 2.75) is 341 Å². The Balaban J connectivity index is 4.89. The normalized spacial score (nSPS) is 13.7. The predicted octanol–water partition coefficient (Wildman–Crippen LogP) is 19.5. The number of nitrogens with zero attached hydrogens (tertiary/aromatic N) is 1. The minimum atomic E-state index is -4.69. The number of allylic oxidation sites excluding steroid dienone is 3. The summed E-state index contributed by atoms with van der Waals surface area (Å²) < 4.78 is 30.3. The van der Waals surface area contributed by atoms with Gasteiger partial charge in [-0.05, 0) is 51.0 Å². The number of phosphoric acid groups is 1. The van der Waals surface area contributed by atoms with Gasteiger partial charge in [0.25, 0.3) is 7.82 Å². The second kappa shape index (κ2) is 55.8. The van der Waals surface area contributed by atoms with Gasteiger partial charge in [0.15, 0.2) is 0 Å². The van der Waals surface area contributed by atoms with Gasteiger partial charge in [0.1, 0.15) is 19.3 Å². The maximum atomic E-state index is 13.5. The van der Waals surface area contributed by atoms with Crippen LogP contribution in [0, 0.1) is 0 Å². The molecule has 0 aliphatic carbocycles. The summed E-state index contributed by atoms with van der Waals surface area (Å²) >= 11 is 0. The average Bonchev–Trinajstić information content (AvgIpc) is 3.37. The zero-order valence-corrected chi connectivity index (χ0v) is 51.7. The van der Waals surface area contributed by atoms with Crippen LogP contribution in [0.25, 0.3) is 0 Å². The summed E-state index contributed by atoms with van der Waals surface area (Å²) in [5, 5.41) is 3.03. The van der Waals surface area contributed by atoms with Crippen LogP contribution in [0.5, 0.6) is 0 Å². The number of quaternary nitrogens is 1. The molecule has 3 unspecified atom stereocenters. The highest BCUT2D eigenvalue weighted by Gasteiger charge is 2.27. The van der Waals surface area contributed by atoms with Gasteiger partial charge in [-0.15, -0.1) is 0 Å². The number of nitrogens with one attached hydrogen (secondary N) is 1. The summed E-state index contributed by atoms with van der Waals surface area (Å²) in [6, 6.07) is -0.885. The quantitative estimate of drug-likeness (QED) is 0.0212. The van der Waals surface area contributed by atoms with E-state index in [4.69, 9.17) is 13.8 Å². The van der Waals surface area contributed by atoms with Crippen LogP contribution in [0.15, 0.2) is 24.3 Å². The lowest BCUT2D eigenvalue weighted by Crippen LogP contribution is -2.47. The number of likely N-dealkylation sites (N-methyl/N-ethyl adjacent to an activating group) is 1. The number of carbonyl (C=O) groups excluding carboxylic acids is 2. The second-order valence-corrected chi connectivity index (χ2v) is 25.0. The van der Waals surface area contributed by atoms with Crippen LogP contribution in [0.2, 0.25) is 0 Å². The molecule has 0 aliphatic rings. The van der Waals surface area contributed by atoms with E-state index in [1.54, 1.807) is 0 Å². The third-order valence-electron chi connectivity index (χ3n) is 14.9. The van der Waals surface area contributed by atoms with E-state index in [0.717, 1.165) is 83.5 Å². The van der Waals surface area contributed by atoms with Gasteiger partial charge in [-0.3, -0.25) is 14.2 Å². The molecule has 0 saturated heterocycles. The number of carbonyl (C=O) groups is 2. The van der Waals surface area contributed by atoms with E-state index in [9.17, 15) is 19.0 Å². The minimum Gasteiger partial charge on any atom is -0.756 e.